The highest BCUT2D eigenvalue weighted by molar-refractivity contribution is 5.94. The molecule has 0 radical (unpaired) electrons. The lowest BCUT2D eigenvalue weighted by atomic mass is 10.0. The summed E-state index contributed by atoms with van der Waals surface area (Å²) in [7, 11) is 0. The molecule has 104 valence electrons. The van der Waals surface area contributed by atoms with Crippen molar-refractivity contribution >= 4 is 11.9 Å². The maximum Gasteiger partial charge on any atom is 0.305 e. The first-order chi connectivity index (χ1) is 8.71. The number of carbonyl (C=O) groups excluding carboxylic acids is 1. The topological polar surface area (TPSA) is 70.5 Å². The second-order valence-electron chi connectivity index (χ2n) is 5.46. The van der Waals surface area contributed by atoms with Gasteiger partial charge in [-0.15, -0.1) is 0 Å². The van der Waals surface area contributed by atoms with Crippen LogP contribution in [-0.2, 0) is 4.79 Å². The van der Waals surface area contributed by atoms with Gasteiger partial charge >= 0.3 is 5.97 Å². The Morgan fingerprint density at radius 2 is 2.00 bits per heavy atom. The van der Waals surface area contributed by atoms with Crippen LogP contribution in [0.3, 0.4) is 0 Å². The first-order valence-electron chi connectivity index (χ1n) is 6.18. The van der Waals surface area contributed by atoms with Crippen LogP contribution in [0.1, 0.15) is 43.2 Å². The van der Waals surface area contributed by atoms with Gasteiger partial charge in [0.1, 0.15) is 0 Å². The lowest BCUT2D eigenvalue weighted by Gasteiger charge is -2.35. The normalized spacial score (nSPS) is 11.2. The molecule has 1 N–H and O–H groups in total. The fraction of sp³-hybridized carbons (Fsp3) is 0.500. The molecule has 0 bridgehead atoms. The molecule has 0 saturated heterocycles. The Labute approximate surface area is 113 Å². The summed E-state index contributed by atoms with van der Waals surface area (Å²) in [5.74, 6) is -1.08. The lowest BCUT2D eigenvalue weighted by Crippen LogP contribution is -2.46. The van der Waals surface area contributed by atoms with E-state index in [0.717, 1.165) is 5.69 Å². The van der Waals surface area contributed by atoms with Crippen molar-refractivity contribution in [3.05, 3.63) is 29.6 Å². The number of amides is 1. The van der Waals surface area contributed by atoms with E-state index in [1.165, 1.54) is 0 Å². The minimum Gasteiger partial charge on any atom is -0.481 e. The molecule has 0 saturated carbocycles. The van der Waals surface area contributed by atoms with Crippen LogP contribution < -0.4 is 0 Å². The average Bonchev–Trinajstić information content (AvgIpc) is 2.26. The fourth-order valence-electron chi connectivity index (χ4n) is 1.78. The van der Waals surface area contributed by atoms with Crippen LogP contribution in [-0.4, -0.2) is 39.0 Å². The van der Waals surface area contributed by atoms with E-state index in [1.807, 2.05) is 27.7 Å². The second kappa shape index (κ2) is 5.82. The third-order valence-electron chi connectivity index (χ3n) is 2.75. The van der Waals surface area contributed by atoms with Crippen molar-refractivity contribution in [2.45, 2.75) is 39.7 Å². The lowest BCUT2D eigenvalue weighted by molar-refractivity contribution is -0.137. The summed E-state index contributed by atoms with van der Waals surface area (Å²) in [6.07, 6.45) is 1.52. The zero-order valence-corrected chi connectivity index (χ0v) is 11.8. The highest BCUT2D eigenvalue weighted by Crippen LogP contribution is 2.18. The molecule has 0 aromatic carbocycles. The van der Waals surface area contributed by atoms with E-state index in [2.05, 4.69) is 4.98 Å². The molecule has 5 nitrogen and oxygen atoms in total. The number of pyridine rings is 1. The van der Waals surface area contributed by atoms with E-state index in [4.69, 9.17) is 5.11 Å². The van der Waals surface area contributed by atoms with E-state index in [0.29, 0.717) is 5.56 Å². The van der Waals surface area contributed by atoms with Crippen molar-refractivity contribution in [1.29, 1.82) is 0 Å². The summed E-state index contributed by atoms with van der Waals surface area (Å²) in [6, 6.07) is 3.36. The molecule has 0 aliphatic carbocycles. The molecule has 0 fully saturated rings. The monoisotopic (exact) mass is 264 g/mol. The molecule has 0 spiro atoms. The predicted molar refractivity (Wildman–Crippen MR) is 72.0 cm³/mol. The van der Waals surface area contributed by atoms with Crippen molar-refractivity contribution in [1.82, 2.24) is 9.88 Å². The van der Waals surface area contributed by atoms with Crippen LogP contribution in [0.25, 0.3) is 0 Å². The maximum absolute atomic E-state index is 12.5. The van der Waals surface area contributed by atoms with Crippen molar-refractivity contribution in [3.8, 4) is 0 Å². The standard InChI is InChI=1S/C14H20N2O3/c1-10-9-11(5-7-15-10)13(19)16(14(2,3)4)8-6-12(17)18/h5,7,9H,6,8H2,1-4H3,(H,17,18). The molecule has 0 unspecified atom stereocenters. The number of aryl methyl sites for hydroxylation is 1. The summed E-state index contributed by atoms with van der Waals surface area (Å²) in [6.45, 7) is 7.68. The van der Waals surface area contributed by atoms with Crippen LogP contribution in [0.4, 0.5) is 0 Å². The molecule has 19 heavy (non-hydrogen) atoms. The van der Waals surface area contributed by atoms with E-state index >= 15 is 0 Å². The Morgan fingerprint density at radius 3 is 2.47 bits per heavy atom. The third-order valence-corrected chi connectivity index (χ3v) is 2.75. The molecule has 1 amide bonds. The first kappa shape index (κ1) is 15.1. The largest absolute Gasteiger partial charge is 0.481 e. The van der Waals surface area contributed by atoms with Gasteiger partial charge in [-0.2, -0.15) is 0 Å². The van der Waals surface area contributed by atoms with Gasteiger partial charge in [0.15, 0.2) is 0 Å². The number of rotatable bonds is 4. The molecule has 5 heteroatoms. The first-order valence-corrected chi connectivity index (χ1v) is 6.18. The number of carbonyl (C=O) groups is 2. The van der Waals surface area contributed by atoms with Crippen LogP contribution in [0.5, 0.6) is 0 Å². The quantitative estimate of drug-likeness (QED) is 0.904. The summed E-state index contributed by atoms with van der Waals surface area (Å²) in [5.41, 5.74) is 0.870. The van der Waals surface area contributed by atoms with Crippen molar-refractivity contribution in [2.75, 3.05) is 6.54 Å². The number of carboxylic acid groups (broad SMARTS) is 1. The smallest absolute Gasteiger partial charge is 0.305 e. The third kappa shape index (κ3) is 4.35. The Hall–Kier alpha value is -1.91. The van der Waals surface area contributed by atoms with Gasteiger partial charge in [0.2, 0.25) is 0 Å². The van der Waals surface area contributed by atoms with Gasteiger partial charge in [0, 0.05) is 29.5 Å². The molecular formula is C14H20N2O3. The van der Waals surface area contributed by atoms with Gasteiger partial charge in [-0.05, 0) is 39.8 Å². The number of aromatic nitrogens is 1. The van der Waals surface area contributed by atoms with Crippen molar-refractivity contribution in [2.24, 2.45) is 0 Å². The zero-order valence-electron chi connectivity index (χ0n) is 11.8. The number of hydrogen-bond donors (Lipinski definition) is 1. The number of carboxylic acids is 1. The zero-order chi connectivity index (χ0) is 14.6. The summed E-state index contributed by atoms with van der Waals surface area (Å²) < 4.78 is 0. The molecule has 1 heterocycles. The number of hydrogen-bond acceptors (Lipinski definition) is 3. The highest BCUT2D eigenvalue weighted by Gasteiger charge is 2.27. The Kier molecular flexibility index (Phi) is 4.64. The van der Waals surface area contributed by atoms with Gasteiger partial charge in [-0.3, -0.25) is 14.6 Å². The minimum absolute atomic E-state index is 0.0624. The second-order valence-corrected chi connectivity index (χ2v) is 5.46. The fourth-order valence-corrected chi connectivity index (χ4v) is 1.78. The Balaban J connectivity index is 2.97. The van der Waals surface area contributed by atoms with E-state index in [1.54, 1.807) is 23.2 Å². The summed E-state index contributed by atoms with van der Waals surface area (Å²) in [5, 5.41) is 8.78. The van der Waals surface area contributed by atoms with Crippen molar-refractivity contribution in [3.63, 3.8) is 0 Å². The van der Waals surface area contributed by atoms with Gasteiger partial charge in [-0.25, -0.2) is 0 Å². The molecule has 1 aromatic rings. The Morgan fingerprint density at radius 1 is 1.37 bits per heavy atom. The van der Waals surface area contributed by atoms with Gasteiger partial charge in [0.05, 0.1) is 6.42 Å². The van der Waals surface area contributed by atoms with E-state index < -0.39 is 11.5 Å². The van der Waals surface area contributed by atoms with Gasteiger partial charge < -0.3 is 10.0 Å². The van der Waals surface area contributed by atoms with Crippen LogP contribution >= 0.6 is 0 Å². The average molecular weight is 264 g/mol. The predicted octanol–water partition coefficient (Wildman–Crippen LogP) is 2.11. The van der Waals surface area contributed by atoms with Gasteiger partial charge in [-0.1, -0.05) is 0 Å². The molecular weight excluding hydrogens is 244 g/mol. The summed E-state index contributed by atoms with van der Waals surface area (Å²) >= 11 is 0. The van der Waals surface area contributed by atoms with Crippen LogP contribution in [0.15, 0.2) is 18.3 Å². The Bertz CT molecular complexity index is 478. The molecule has 0 aliphatic rings. The maximum atomic E-state index is 12.5. The van der Waals surface area contributed by atoms with E-state index in [-0.39, 0.29) is 18.9 Å². The van der Waals surface area contributed by atoms with E-state index in [9.17, 15) is 9.59 Å². The molecule has 0 atom stereocenters. The SMILES string of the molecule is Cc1cc(C(=O)N(CCC(=O)O)C(C)(C)C)ccn1. The van der Waals surface area contributed by atoms with Crippen molar-refractivity contribution < 1.29 is 14.7 Å². The molecule has 0 aliphatic heterocycles. The highest BCUT2D eigenvalue weighted by atomic mass is 16.4. The molecule has 1 rings (SSSR count). The number of aliphatic carboxylic acids is 1. The van der Waals surface area contributed by atoms with Crippen LogP contribution in [0.2, 0.25) is 0 Å². The van der Waals surface area contributed by atoms with Gasteiger partial charge in [0.25, 0.3) is 5.91 Å². The molecule has 1 aromatic heterocycles. The summed E-state index contributed by atoms with van der Waals surface area (Å²) in [4.78, 5) is 28.8. The number of nitrogens with zero attached hydrogens (tertiary/aromatic N) is 2. The van der Waals surface area contributed by atoms with Crippen LogP contribution in [0, 0.1) is 6.92 Å². The minimum atomic E-state index is -0.909.